The maximum absolute atomic E-state index is 9.88. The molecule has 0 fully saturated rings. The average molecular weight is 261 g/mol. The van der Waals surface area contributed by atoms with Crippen molar-refractivity contribution in [3.8, 4) is 0 Å². The Hall–Kier alpha value is -0.220. The Morgan fingerprint density at radius 2 is 1.65 bits per heavy atom. The minimum absolute atomic E-state index is 0. The largest absolute Gasteiger partial charge is 1.00 e. The van der Waals surface area contributed by atoms with Gasteiger partial charge in [-0.2, -0.15) is 0 Å². The van der Waals surface area contributed by atoms with Crippen molar-refractivity contribution < 1.29 is 64.7 Å². The van der Waals surface area contributed by atoms with Crippen molar-refractivity contribution in [3.05, 3.63) is 0 Å². The van der Waals surface area contributed by atoms with E-state index in [4.69, 9.17) is 26.2 Å². The predicted molar refractivity (Wildman–Crippen MR) is 50.0 cm³/mol. The first-order chi connectivity index (χ1) is 7.34. The summed E-state index contributed by atoms with van der Waals surface area (Å²) in [7, 11) is 0. The summed E-state index contributed by atoms with van der Waals surface area (Å²) in [5, 5.41) is 42.0. The first-order valence-electron chi connectivity index (χ1n) is 4.43. The fourth-order valence-electron chi connectivity index (χ4n) is 0.455. The van der Waals surface area contributed by atoms with Crippen LogP contribution in [-0.4, -0.2) is 57.7 Å². The van der Waals surface area contributed by atoms with Gasteiger partial charge in [-0.1, -0.05) is 0 Å². The molecule has 0 spiro atoms. The standard InChI is InChI=1S/C5H9NO4.C3H8O3.Na/c6-3(5(9)10)1-2-4(7)8;4-1-3(6)2-5;/h3H,1-2,6H2,(H,7,8)(H,9,10);3-6H,1-2H2;/q;;+1/p-1/t3-;;/m0../s1. The van der Waals surface area contributed by atoms with Crippen LogP contribution in [0.4, 0.5) is 0 Å². The van der Waals surface area contributed by atoms with Crippen molar-refractivity contribution in [1.29, 1.82) is 0 Å². The predicted octanol–water partition coefficient (Wildman–Crippen LogP) is -6.74. The van der Waals surface area contributed by atoms with E-state index in [1.54, 1.807) is 0 Å². The van der Waals surface area contributed by atoms with Crippen LogP contribution in [-0.2, 0) is 9.59 Å². The number of aliphatic hydroxyl groups is 3. The van der Waals surface area contributed by atoms with Gasteiger partial charge < -0.3 is 36.1 Å². The third kappa shape index (κ3) is 18.3. The van der Waals surface area contributed by atoms with Gasteiger partial charge in [-0.05, 0) is 6.42 Å². The Morgan fingerprint density at radius 3 is 1.82 bits per heavy atom. The molecule has 9 heteroatoms. The molecule has 0 aliphatic carbocycles. The molecule has 17 heavy (non-hydrogen) atoms. The van der Waals surface area contributed by atoms with E-state index in [9.17, 15) is 14.7 Å². The number of aliphatic carboxylic acids is 2. The Morgan fingerprint density at radius 1 is 1.24 bits per heavy atom. The van der Waals surface area contributed by atoms with Gasteiger partial charge in [0.15, 0.2) is 0 Å². The number of rotatable bonds is 6. The van der Waals surface area contributed by atoms with Crippen LogP contribution in [0, 0.1) is 0 Å². The number of carboxylic acids is 2. The number of nitrogens with two attached hydrogens (primary N) is 1. The maximum Gasteiger partial charge on any atom is 1.00 e. The molecule has 96 valence electrons. The molecule has 8 nitrogen and oxygen atoms in total. The normalized spacial score (nSPS) is 10.9. The first kappa shape index (κ1) is 22.0. The number of carbonyl (C=O) groups excluding carboxylic acids is 1. The van der Waals surface area contributed by atoms with Crippen LogP contribution in [0.25, 0.3) is 0 Å². The topological polar surface area (TPSA) is 164 Å². The van der Waals surface area contributed by atoms with Crippen molar-refractivity contribution in [2.45, 2.75) is 25.0 Å². The van der Waals surface area contributed by atoms with Crippen LogP contribution in [0.3, 0.4) is 0 Å². The van der Waals surface area contributed by atoms with Crippen LogP contribution in [0.5, 0.6) is 0 Å². The molecule has 0 aromatic rings. The Labute approximate surface area is 120 Å². The van der Waals surface area contributed by atoms with Crippen LogP contribution in [0.1, 0.15) is 12.8 Å². The average Bonchev–Trinajstić information content (AvgIpc) is 2.25. The van der Waals surface area contributed by atoms with E-state index in [0.717, 1.165) is 0 Å². The summed E-state index contributed by atoms with van der Waals surface area (Å²) in [4.78, 5) is 19.7. The molecule has 0 amide bonds. The molecule has 0 bridgehead atoms. The van der Waals surface area contributed by atoms with Crippen molar-refractivity contribution in [1.82, 2.24) is 0 Å². The molecule has 0 saturated carbocycles. The molecule has 6 N–H and O–H groups in total. The zero-order valence-corrected chi connectivity index (χ0v) is 11.6. The number of carbonyl (C=O) groups is 2. The van der Waals surface area contributed by atoms with Gasteiger partial charge in [-0.3, -0.25) is 4.79 Å². The fourth-order valence-corrected chi connectivity index (χ4v) is 0.455. The number of hydrogen-bond donors (Lipinski definition) is 5. The molecule has 0 saturated heterocycles. The van der Waals surface area contributed by atoms with E-state index >= 15 is 0 Å². The third-order valence-electron chi connectivity index (χ3n) is 1.39. The summed E-state index contributed by atoms with van der Waals surface area (Å²) >= 11 is 0. The van der Waals surface area contributed by atoms with Crippen LogP contribution in [0.15, 0.2) is 0 Å². The molecule has 0 aliphatic heterocycles. The minimum atomic E-state index is -1.42. The van der Waals surface area contributed by atoms with Gasteiger partial charge in [-0.25, -0.2) is 0 Å². The summed E-state index contributed by atoms with van der Waals surface area (Å²) in [6.07, 6.45) is -1.28. The van der Waals surface area contributed by atoms with E-state index in [-0.39, 0.29) is 55.6 Å². The minimum Gasteiger partial charge on any atom is -0.548 e. The smallest absolute Gasteiger partial charge is 0.548 e. The van der Waals surface area contributed by atoms with Crippen LogP contribution >= 0.6 is 0 Å². The monoisotopic (exact) mass is 261 g/mol. The van der Waals surface area contributed by atoms with E-state index in [0.29, 0.717) is 0 Å². The summed E-state index contributed by atoms with van der Waals surface area (Å²) in [6, 6.07) is -1.17. The van der Waals surface area contributed by atoms with E-state index in [1.165, 1.54) is 0 Å². The van der Waals surface area contributed by atoms with Gasteiger partial charge >= 0.3 is 35.5 Å². The molecule has 0 heterocycles. The second-order valence-electron chi connectivity index (χ2n) is 2.88. The second kappa shape index (κ2) is 13.8. The Bertz CT molecular complexity index is 210. The van der Waals surface area contributed by atoms with Crippen molar-refractivity contribution in [3.63, 3.8) is 0 Å². The van der Waals surface area contributed by atoms with Crippen molar-refractivity contribution in [2.75, 3.05) is 13.2 Å². The molecule has 0 aromatic heterocycles. The first-order valence-corrected chi connectivity index (χ1v) is 4.43. The zero-order chi connectivity index (χ0) is 13.1. The second-order valence-corrected chi connectivity index (χ2v) is 2.88. The number of aliphatic hydroxyl groups excluding tert-OH is 3. The van der Waals surface area contributed by atoms with E-state index in [2.05, 4.69) is 0 Å². The number of carboxylic acid groups (broad SMARTS) is 2. The quantitative estimate of drug-likeness (QED) is 0.294. The van der Waals surface area contributed by atoms with Crippen molar-refractivity contribution in [2.24, 2.45) is 5.73 Å². The SMILES string of the molecule is N[C@@H](CCC(=O)O)C(=O)[O-].OCC(O)CO.[Na+]. The summed E-state index contributed by atoms with van der Waals surface area (Å²) in [6.45, 7) is -0.729. The summed E-state index contributed by atoms with van der Waals surface area (Å²) < 4.78 is 0. The van der Waals surface area contributed by atoms with Gasteiger partial charge in [0.1, 0.15) is 6.10 Å². The van der Waals surface area contributed by atoms with Crippen LogP contribution in [0.2, 0.25) is 0 Å². The molecule has 0 radical (unpaired) electrons. The maximum atomic E-state index is 9.88. The van der Waals surface area contributed by atoms with Gasteiger partial charge in [-0.15, -0.1) is 0 Å². The molecule has 0 rings (SSSR count). The fraction of sp³-hybridized carbons (Fsp3) is 0.750. The summed E-state index contributed by atoms with van der Waals surface area (Å²) in [5.41, 5.74) is 4.94. The van der Waals surface area contributed by atoms with Gasteiger partial charge in [0, 0.05) is 12.5 Å². The van der Waals surface area contributed by atoms with E-state index in [1.807, 2.05) is 0 Å². The van der Waals surface area contributed by atoms with Gasteiger partial charge in [0.2, 0.25) is 0 Å². The molecular weight excluding hydrogens is 245 g/mol. The van der Waals surface area contributed by atoms with Crippen molar-refractivity contribution >= 4 is 11.9 Å². The summed E-state index contributed by atoms with van der Waals surface area (Å²) in [5.74, 6) is -2.47. The molecular formula is C8H16NNaO7. The van der Waals surface area contributed by atoms with E-state index < -0.39 is 24.1 Å². The Balaban J connectivity index is -0.000000244. The van der Waals surface area contributed by atoms with Gasteiger partial charge in [0.25, 0.3) is 0 Å². The van der Waals surface area contributed by atoms with Crippen LogP contribution < -0.4 is 40.4 Å². The third-order valence-corrected chi connectivity index (χ3v) is 1.39. The molecule has 0 aliphatic rings. The zero-order valence-electron chi connectivity index (χ0n) is 9.57. The number of hydrogen-bond acceptors (Lipinski definition) is 7. The molecule has 0 aromatic carbocycles. The molecule has 1 atom stereocenters. The molecule has 0 unspecified atom stereocenters. The Kier molecular flexibility index (Phi) is 17.9. The van der Waals surface area contributed by atoms with Gasteiger partial charge in [0.05, 0.1) is 19.2 Å².